The van der Waals surface area contributed by atoms with Gasteiger partial charge in [0.25, 0.3) is 5.91 Å². The van der Waals surface area contributed by atoms with Gasteiger partial charge in [-0.25, -0.2) is 4.79 Å². The molecule has 1 N–H and O–H groups in total. The summed E-state index contributed by atoms with van der Waals surface area (Å²) in [4.78, 5) is 24.9. The van der Waals surface area contributed by atoms with Crippen LogP contribution in [0.25, 0.3) is 6.08 Å². The number of carbonyl (C=O) groups is 2. The number of rotatable bonds is 6. The Hall–Kier alpha value is -2.31. The molecule has 1 atom stereocenters. The molecule has 0 aliphatic carbocycles. The summed E-state index contributed by atoms with van der Waals surface area (Å²) in [5, 5.41) is 4.95. The summed E-state index contributed by atoms with van der Waals surface area (Å²) in [5.41, 5.74) is 1.57. The zero-order valence-corrected chi connectivity index (χ0v) is 15.6. The van der Waals surface area contributed by atoms with Crippen LogP contribution in [0.15, 0.2) is 35.7 Å². The first-order chi connectivity index (χ1) is 11.9. The van der Waals surface area contributed by atoms with Crippen molar-refractivity contribution in [3.8, 4) is 5.75 Å². The highest BCUT2D eigenvalue weighted by Gasteiger charge is 2.17. The normalized spacial score (nSPS) is 12.0. The fraction of sp³-hybridized carbons (Fsp3) is 0.222. The molecule has 0 bridgehead atoms. The lowest BCUT2D eigenvalue weighted by molar-refractivity contribution is -0.148. The van der Waals surface area contributed by atoms with E-state index in [4.69, 9.17) is 21.1 Å². The molecular formula is C18H18ClNO4S. The molecule has 0 fully saturated rings. The summed E-state index contributed by atoms with van der Waals surface area (Å²) in [5.74, 6) is -0.522. The number of nitrogens with one attached hydrogen (secondary N) is 1. The van der Waals surface area contributed by atoms with Gasteiger partial charge in [-0.1, -0.05) is 11.6 Å². The van der Waals surface area contributed by atoms with E-state index >= 15 is 0 Å². The zero-order chi connectivity index (χ0) is 18.4. The second-order valence-electron chi connectivity index (χ2n) is 5.22. The van der Waals surface area contributed by atoms with Gasteiger partial charge in [0.15, 0.2) is 6.10 Å². The van der Waals surface area contributed by atoms with Crippen molar-refractivity contribution in [3.05, 3.63) is 51.2 Å². The van der Waals surface area contributed by atoms with Crippen molar-refractivity contribution in [2.45, 2.75) is 20.0 Å². The average molecular weight is 380 g/mol. The van der Waals surface area contributed by atoms with Crippen molar-refractivity contribution < 1.29 is 19.1 Å². The summed E-state index contributed by atoms with van der Waals surface area (Å²) >= 11 is 7.54. The van der Waals surface area contributed by atoms with E-state index in [2.05, 4.69) is 5.32 Å². The number of thiophene rings is 1. The molecule has 2 aromatic rings. The maximum Gasteiger partial charge on any atom is 0.331 e. The number of hydrogen-bond acceptors (Lipinski definition) is 5. The molecule has 0 saturated heterocycles. The van der Waals surface area contributed by atoms with E-state index in [0.717, 1.165) is 10.4 Å². The Morgan fingerprint density at radius 1 is 1.32 bits per heavy atom. The van der Waals surface area contributed by atoms with E-state index in [9.17, 15) is 9.59 Å². The van der Waals surface area contributed by atoms with Crippen LogP contribution >= 0.6 is 22.9 Å². The van der Waals surface area contributed by atoms with Crippen LogP contribution in [0.5, 0.6) is 5.75 Å². The van der Waals surface area contributed by atoms with Gasteiger partial charge in [0.2, 0.25) is 0 Å². The van der Waals surface area contributed by atoms with E-state index in [1.807, 2.05) is 18.4 Å². The number of hydrogen-bond donors (Lipinski definition) is 1. The fourth-order valence-corrected chi connectivity index (χ4v) is 3.03. The van der Waals surface area contributed by atoms with Crippen LogP contribution in [0.2, 0.25) is 5.02 Å². The number of ether oxygens (including phenoxy) is 2. The summed E-state index contributed by atoms with van der Waals surface area (Å²) in [6.07, 6.45) is 2.05. The second kappa shape index (κ2) is 8.69. The second-order valence-corrected chi connectivity index (χ2v) is 6.57. The number of anilines is 1. The first kappa shape index (κ1) is 19.0. The Balaban J connectivity index is 1.91. The predicted octanol–water partition coefficient (Wildman–Crippen LogP) is 4.30. The fourth-order valence-electron chi connectivity index (χ4n) is 1.95. The molecule has 1 aromatic carbocycles. The molecule has 0 aliphatic rings. The number of halogens is 1. The summed E-state index contributed by atoms with van der Waals surface area (Å²) in [7, 11) is 1.51. The minimum atomic E-state index is -0.942. The third kappa shape index (κ3) is 5.34. The zero-order valence-electron chi connectivity index (χ0n) is 14.0. The molecule has 1 aromatic heterocycles. The van der Waals surface area contributed by atoms with Gasteiger partial charge in [0.1, 0.15) is 5.75 Å². The molecule has 0 spiro atoms. The molecule has 0 unspecified atom stereocenters. The van der Waals surface area contributed by atoms with Gasteiger partial charge in [0, 0.05) is 16.6 Å². The number of benzene rings is 1. The molecule has 1 heterocycles. The minimum Gasteiger partial charge on any atom is -0.495 e. The van der Waals surface area contributed by atoms with Crippen molar-refractivity contribution in [2.24, 2.45) is 0 Å². The van der Waals surface area contributed by atoms with E-state index in [1.54, 1.807) is 24.3 Å². The van der Waals surface area contributed by atoms with E-state index in [-0.39, 0.29) is 0 Å². The van der Waals surface area contributed by atoms with Crippen LogP contribution in [0, 0.1) is 6.92 Å². The standard InChI is InChI=1S/C18H18ClNO4S/c1-11-8-9-25-16(11)6-7-17(21)24-12(2)18(22)20-13-4-5-15(23-3)14(19)10-13/h4-10,12H,1-3H3,(H,20,22)/b7-6+/t12-/m0/s1. The molecule has 0 saturated carbocycles. The Morgan fingerprint density at radius 2 is 2.08 bits per heavy atom. The topological polar surface area (TPSA) is 64.6 Å². The third-order valence-electron chi connectivity index (χ3n) is 3.35. The minimum absolute atomic E-state index is 0.374. The van der Waals surface area contributed by atoms with Crippen LogP contribution in [-0.4, -0.2) is 25.1 Å². The third-order valence-corrected chi connectivity index (χ3v) is 4.63. The van der Waals surface area contributed by atoms with Gasteiger partial charge in [-0.2, -0.15) is 0 Å². The maximum absolute atomic E-state index is 12.1. The van der Waals surface area contributed by atoms with E-state index in [0.29, 0.717) is 16.5 Å². The maximum atomic E-state index is 12.1. The van der Waals surface area contributed by atoms with Crippen LogP contribution in [-0.2, 0) is 14.3 Å². The molecule has 25 heavy (non-hydrogen) atoms. The van der Waals surface area contributed by atoms with Gasteiger partial charge in [-0.05, 0) is 55.1 Å². The molecule has 5 nitrogen and oxygen atoms in total. The Kier molecular flexibility index (Phi) is 6.61. The lowest BCUT2D eigenvalue weighted by Gasteiger charge is -2.13. The predicted molar refractivity (Wildman–Crippen MR) is 100 cm³/mol. The Morgan fingerprint density at radius 3 is 2.68 bits per heavy atom. The van der Waals surface area contributed by atoms with E-state index in [1.165, 1.54) is 31.4 Å². The van der Waals surface area contributed by atoms with Crippen molar-refractivity contribution in [2.75, 3.05) is 12.4 Å². The molecule has 132 valence electrons. The highest BCUT2D eigenvalue weighted by Crippen LogP contribution is 2.27. The molecule has 0 aliphatic heterocycles. The smallest absolute Gasteiger partial charge is 0.331 e. The molecule has 2 rings (SSSR count). The van der Waals surface area contributed by atoms with Gasteiger partial charge >= 0.3 is 5.97 Å². The molecule has 7 heteroatoms. The van der Waals surface area contributed by atoms with Crippen molar-refractivity contribution in [1.29, 1.82) is 0 Å². The monoisotopic (exact) mass is 379 g/mol. The number of aryl methyl sites for hydroxylation is 1. The lowest BCUT2D eigenvalue weighted by atomic mass is 10.2. The molecule has 0 radical (unpaired) electrons. The van der Waals surface area contributed by atoms with E-state index < -0.39 is 18.0 Å². The van der Waals surface area contributed by atoms with Crippen molar-refractivity contribution >= 4 is 46.6 Å². The number of carbonyl (C=O) groups excluding carboxylic acids is 2. The number of amides is 1. The molecular weight excluding hydrogens is 362 g/mol. The van der Waals surface area contributed by atoms with Crippen LogP contribution in [0.1, 0.15) is 17.4 Å². The summed E-state index contributed by atoms with van der Waals surface area (Å²) in [6.45, 7) is 3.46. The lowest BCUT2D eigenvalue weighted by Crippen LogP contribution is -2.29. The average Bonchev–Trinajstić information content (AvgIpc) is 2.98. The Labute approximate surface area is 155 Å². The van der Waals surface area contributed by atoms with Gasteiger partial charge in [-0.3, -0.25) is 4.79 Å². The quantitative estimate of drug-likeness (QED) is 0.600. The van der Waals surface area contributed by atoms with Gasteiger partial charge < -0.3 is 14.8 Å². The SMILES string of the molecule is COc1ccc(NC(=O)[C@H](C)OC(=O)/C=C/c2sccc2C)cc1Cl. The Bertz CT molecular complexity index is 800. The molecule has 1 amide bonds. The van der Waals surface area contributed by atoms with Gasteiger partial charge in [0.05, 0.1) is 12.1 Å². The van der Waals surface area contributed by atoms with Crippen LogP contribution in [0.3, 0.4) is 0 Å². The van der Waals surface area contributed by atoms with Crippen LogP contribution < -0.4 is 10.1 Å². The highest BCUT2D eigenvalue weighted by atomic mass is 35.5. The van der Waals surface area contributed by atoms with Crippen LogP contribution in [0.4, 0.5) is 5.69 Å². The summed E-state index contributed by atoms with van der Waals surface area (Å²) in [6, 6.07) is 6.81. The highest BCUT2D eigenvalue weighted by molar-refractivity contribution is 7.11. The largest absolute Gasteiger partial charge is 0.495 e. The van der Waals surface area contributed by atoms with Gasteiger partial charge in [-0.15, -0.1) is 11.3 Å². The van der Waals surface area contributed by atoms with Crippen molar-refractivity contribution in [1.82, 2.24) is 0 Å². The summed E-state index contributed by atoms with van der Waals surface area (Å²) < 4.78 is 10.2. The first-order valence-electron chi connectivity index (χ1n) is 7.48. The van der Waals surface area contributed by atoms with Crippen molar-refractivity contribution in [3.63, 3.8) is 0 Å². The first-order valence-corrected chi connectivity index (χ1v) is 8.73. The number of esters is 1. The number of methoxy groups -OCH3 is 1.